The molecule has 1 saturated heterocycles. The van der Waals surface area contributed by atoms with Crippen LogP contribution in [0.1, 0.15) is 12.2 Å². The van der Waals surface area contributed by atoms with Crippen LogP contribution in [-0.2, 0) is 23.0 Å². The van der Waals surface area contributed by atoms with E-state index in [1.165, 1.54) is 0 Å². The summed E-state index contributed by atoms with van der Waals surface area (Å²) in [5.41, 5.74) is 0. The predicted octanol–water partition coefficient (Wildman–Crippen LogP) is -0.543. The second-order valence-corrected chi connectivity index (χ2v) is 4.46. The van der Waals surface area contributed by atoms with Crippen LogP contribution in [0.25, 0.3) is 0 Å². The molecule has 2 N–H and O–H groups in total. The van der Waals surface area contributed by atoms with Crippen LogP contribution in [0, 0.1) is 0 Å². The van der Waals surface area contributed by atoms with Crippen molar-refractivity contribution < 1.29 is 9.53 Å². The molecule has 2 heterocycles. The van der Waals surface area contributed by atoms with Crippen molar-refractivity contribution in [3.05, 3.63) is 18.2 Å². The number of nitrogens with one attached hydrogen (secondary N) is 2. The van der Waals surface area contributed by atoms with E-state index in [2.05, 4.69) is 15.6 Å². The topological polar surface area (TPSA) is 68.2 Å². The van der Waals surface area contributed by atoms with Crippen LogP contribution < -0.4 is 10.6 Å². The number of carbonyl (C=O) groups is 1. The fourth-order valence-electron chi connectivity index (χ4n) is 1.98. The molecule has 0 aromatic carbocycles. The van der Waals surface area contributed by atoms with Crippen molar-refractivity contribution in [2.75, 3.05) is 26.2 Å². The molecule has 1 aromatic rings. The van der Waals surface area contributed by atoms with Gasteiger partial charge in [-0.1, -0.05) is 0 Å². The van der Waals surface area contributed by atoms with Gasteiger partial charge < -0.3 is 19.9 Å². The average molecular weight is 252 g/mol. The smallest absolute Gasteiger partial charge is 0.222 e. The lowest BCUT2D eigenvalue weighted by Crippen LogP contribution is -2.41. The summed E-state index contributed by atoms with van der Waals surface area (Å²) in [5.74, 6) is 1.02. The predicted molar refractivity (Wildman–Crippen MR) is 67.1 cm³/mol. The summed E-state index contributed by atoms with van der Waals surface area (Å²) < 4.78 is 7.44. The number of hydrogen-bond donors (Lipinski definition) is 2. The van der Waals surface area contributed by atoms with Gasteiger partial charge in [0.15, 0.2) is 0 Å². The Morgan fingerprint density at radius 3 is 3.28 bits per heavy atom. The molecule has 18 heavy (non-hydrogen) atoms. The van der Waals surface area contributed by atoms with Gasteiger partial charge in [-0.2, -0.15) is 0 Å². The highest BCUT2D eigenvalue weighted by atomic mass is 16.5. The minimum atomic E-state index is 0.00640. The molecule has 0 aliphatic carbocycles. The fraction of sp³-hybridized carbons (Fsp3) is 0.667. The van der Waals surface area contributed by atoms with Crippen LogP contribution in [0.3, 0.4) is 0 Å². The third-order valence-corrected chi connectivity index (χ3v) is 3.01. The Hall–Kier alpha value is -1.40. The molecule has 6 nitrogen and oxygen atoms in total. The number of rotatable bonds is 5. The van der Waals surface area contributed by atoms with Gasteiger partial charge in [0.2, 0.25) is 5.91 Å². The van der Waals surface area contributed by atoms with Crippen molar-refractivity contribution >= 4 is 5.91 Å². The zero-order valence-electron chi connectivity index (χ0n) is 10.7. The third-order valence-electron chi connectivity index (χ3n) is 3.01. The molecule has 0 spiro atoms. The minimum absolute atomic E-state index is 0.00640. The zero-order chi connectivity index (χ0) is 12.8. The van der Waals surface area contributed by atoms with E-state index in [0.717, 1.165) is 25.3 Å². The molecule has 1 fully saturated rings. The Balaban J connectivity index is 1.64. The number of nitrogens with zero attached hydrogens (tertiary/aromatic N) is 2. The van der Waals surface area contributed by atoms with Crippen LogP contribution in [0.4, 0.5) is 0 Å². The fourth-order valence-corrected chi connectivity index (χ4v) is 1.98. The summed E-state index contributed by atoms with van der Waals surface area (Å²) in [6.45, 7) is 2.93. The maximum atomic E-state index is 11.7. The van der Waals surface area contributed by atoms with Crippen LogP contribution in [0.5, 0.6) is 0 Å². The molecule has 0 bridgehead atoms. The third kappa shape index (κ3) is 3.82. The summed E-state index contributed by atoms with van der Waals surface area (Å²) in [6, 6.07) is 0. The van der Waals surface area contributed by atoms with Gasteiger partial charge in [0.05, 0.1) is 19.1 Å². The van der Waals surface area contributed by atoms with Crippen molar-refractivity contribution in [3.63, 3.8) is 0 Å². The molecule has 6 heteroatoms. The molecule has 1 unspecified atom stereocenters. The molecule has 0 saturated carbocycles. The molecule has 1 aromatic heterocycles. The summed E-state index contributed by atoms with van der Waals surface area (Å²) in [4.78, 5) is 15.9. The molecule has 2 rings (SSSR count). The summed E-state index contributed by atoms with van der Waals surface area (Å²) >= 11 is 0. The molecule has 100 valence electrons. The summed E-state index contributed by atoms with van der Waals surface area (Å²) in [5, 5.41) is 6.10. The van der Waals surface area contributed by atoms with E-state index in [-0.39, 0.29) is 12.0 Å². The maximum absolute atomic E-state index is 11.7. The van der Waals surface area contributed by atoms with E-state index in [4.69, 9.17) is 4.74 Å². The van der Waals surface area contributed by atoms with E-state index in [0.29, 0.717) is 19.6 Å². The number of ether oxygens (including phenoxy) is 1. The van der Waals surface area contributed by atoms with Gasteiger partial charge in [-0.3, -0.25) is 4.79 Å². The first kappa shape index (κ1) is 13.0. The largest absolute Gasteiger partial charge is 0.375 e. The molecule has 1 atom stereocenters. The quantitative estimate of drug-likeness (QED) is 0.738. The van der Waals surface area contributed by atoms with Gasteiger partial charge in [0.25, 0.3) is 0 Å². The molecule has 1 aliphatic heterocycles. The van der Waals surface area contributed by atoms with Crippen molar-refractivity contribution in [3.8, 4) is 0 Å². The van der Waals surface area contributed by atoms with Crippen molar-refractivity contribution in [1.82, 2.24) is 20.2 Å². The number of morpholine rings is 1. The van der Waals surface area contributed by atoms with Gasteiger partial charge in [-0.25, -0.2) is 4.98 Å². The normalized spacial score (nSPS) is 19.7. The van der Waals surface area contributed by atoms with Gasteiger partial charge in [-0.15, -0.1) is 0 Å². The van der Waals surface area contributed by atoms with Crippen molar-refractivity contribution in [1.29, 1.82) is 0 Å². The number of carbonyl (C=O) groups excluding carboxylic acids is 1. The number of amides is 1. The first-order valence-electron chi connectivity index (χ1n) is 6.31. The van der Waals surface area contributed by atoms with Gasteiger partial charge in [0.1, 0.15) is 5.82 Å². The number of aromatic nitrogens is 2. The summed E-state index contributed by atoms with van der Waals surface area (Å²) in [7, 11) is 1.95. The lowest BCUT2D eigenvalue weighted by molar-refractivity contribution is -0.124. The van der Waals surface area contributed by atoms with Crippen LogP contribution >= 0.6 is 0 Å². The monoisotopic (exact) mass is 252 g/mol. The molecule has 1 amide bonds. The lowest BCUT2D eigenvalue weighted by Gasteiger charge is -2.23. The zero-order valence-corrected chi connectivity index (χ0v) is 10.7. The second-order valence-electron chi connectivity index (χ2n) is 4.46. The number of hydrogen-bond acceptors (Lipinski definition) is 4. The molecule has 0 radical (unpaired) electrons. The average Bonchev–Trinajstić information content (AvgIpc) is 2.76. The van der Waals surface area contributed by atoms with Crippen LogP contribution in [-0.4, -0.2) is 47.8 Å². The Kier molecular flexibility index (Phi) is 4.72. The number of imidazole rings is 1. The van der Waals surface area contributed by atoms with E-state index >= 15 is 0 Å². The van der Waals surface area contributed by atoms with Crippen molar-refractivity contribution in [2.24, 2.45) is 7.05 Å². The maximum Gasteiger partial charge on any atom is 0.222 e. The first-order valence-corrected chi connectivity index (χ1v) is 6.31. The van der Waals surface area contributed by atoms with Gasteiger partial charge >= 0.3 is 0 Å². The van der Waals surface area contributed by atoms with E-state index in [9.17, 15) is 4.79 Å². The molecule has 1 aliphatic rings. The molecular formula is C12H20N4O2. The molecular weight excluding hydrogens is 232 g/mol. The SMILES string of the molecule is Cn1ccnc1CCNC(=O)CC1CNCCO1. The minimum Gasteiger partial charge on any atom is -0.375 e. The first-order chi connectivity index (χ1) is 8.75. The standard InChI is InChI=1S/C12H20N4O2/c1-16-6-4-14-11(16)2-3-15-12(17)8-10-9-13-5-7-18-10/h4,6,10,13H,2-3,5,7-9H2,1H3,(H,15,17). The lowest BCUT2D eigenvalue weighted by atomic mass is 10.2. The highest BCUT2D eigenvalue weighted by Gasteiger charge is 2.16. The Labute approximate surface area is 107 Å². The van der Waals surface area contributed by atoms with Gasteiger partial charge in [0, 0.05) is 45.5 Å². The van der Waals surface area contributed by atoms with Gasteiger partial charge in [-0.05, 0) is 0 Å². The Morgan fingerprint density at radius 2 is 2.61 bits per heavy atom. The highest BCUT2D eigenvalue weighted by molar-refractivity contribution is 5.76. The highest BCUT2D eigenvalue weighted by Crippen LogP contribution is 2.01. The Morgan fingerprint density at radius 1 is 1.72 bits per heavy atom. The van der Waals surface area contributed by atoms with Crippen LogP contribution in [0.15, 0.2) is 12.4 Å². The van der Waals surface area contributed by atoms with E-state index in [1.807, 2.05) is 17.8 Å². The number of aryl methyl sites for hydroxylation is 1. The van der Waals surface area contributed by atoms with E-state index in [1.54, 1.807) is 6.20 Å². The Bertz CT molecular complexity index is 385. The second kappa shape index (κ2) is 6.51. The summed E-state index contributed by atoms with van der Waals surface area (Å²) in [6.07, 6.45) is 4.84. The van der Waals surface area contributed by atoms with Crippen LogP contribution in [0.2, 0.25) is 0 Å². The van der Waals surface area contributed by atoms with E-state index < -0.39 is 0 Å². The van der Waals surface area contributed by atoms with Crippen molar-refractivity contribution in [2.45, 2.75) is 18.9 Å².